The van der Waals surface area contributed by atoms with Crippen molar-refractivity contribution < 1.29 is 4.79 Å². The second kappa shape index (κ2) is 4.64. The summed E-state index contributed by atoms with van der Waals surface area (Å²) < 4.78 is 0. The highest BCUT2D eigenvalue weighted by Crippen LogP contribution is 2.25. The number of aromatic nitrogens is 1. The predicted molar refractivity (Wildman–Crippen MR) is 82.4 cm³/mol. The number of nitrogens with one attached hydrogen (secondary N) is 1. The fourth-order valence-corrected chi connectivity index (χ4v) is 2.58. The van der Waals surface area contributed by atoms with Crippen LogP contribution in [0.4, 0.5) is 0 Å². The van der Waals surface area contributed by atoms with E-state index in [2.05, 4.69) is 11.9 Å². The number of aryl methyl sites for hydroxylation is 3. The SMILES string of the molecule is Cc1ccc(C(=O)c2c[nH]c3cccc(C)c23)cc1C. The van der Waals surface area contributed by atoms with Crippen LogP contribution in [-0.2, 0) is 0 Å². The van der Waals surface area contributed by atoms with E-state index < -0.39 is 0 Å². The average molecular weight is 263 g/mol. The summed E-state index contributed by atoms with van der Waals surface area (Å²) >= 11 is 0. The van der Waals surface area contributed by atoms with Crippen molar-refractivity contribution in [3.05, 3.63) is 70.4 Å². The van der Waals surface area contributed by atoms with Gasteiger partial charge in [-0.05, 0) is 49.6 Å². The maximum absolute atomic E-state index is 12.7. The van der Waals surface area contributed by atoms with E-state index in [1.807, 2.05) is 56.4 Å². The molecule has 0 saturated carbocycles. The van der Waals surface area contributed by atoms with E-state index in [1.54, 1.807) is 0 Å². The first-order valence-corrected chi connectivity index (χ1v) is 6.76. The first kappa shape index (κ1) is 12.7. The van der Waals surface area contributed by atoms with Crippen LogP contribution in [0.1, 0.15) is 32.6 Å². The Balaban J connectivity index is 2.15. The van der Waals surface area contributed by atoms with Gasteiger partial charge in [0.05, 0.1) is 0 Å². The molecule has 2 heteroatoms. The molecule has 0 saturated heterocycles. The molecule has 0 aliphatic heterocycles. The normalized spacial score (nSPS) is 10.9. The molecule has 0 bridgehead atoms. The highest BCUT2D eigenvalue weighted by Gasteiger charge is 2.15. The minimum atomic E-state index is 0.0775. The Kier molecular flexibility index (Phi) is 2.94. The van der Waals surface area contributed by atoms with Gasteiger partial charge in [0.15, 0.2) is 5.78 Å². The molecule has 20 heavy (non-hydrogen) atoms. The summed E-state index contributed by atoms with van der Waals surface area (Å²) in [5.74, 6) is 0.0775. The van der Waals surface area contributed by atoms with Crippen LogP contribution in [-0.4, -0.2) is 10.8 Å². The molecule has 0 unspecified atom stereocenters. The Bertz CT molecular complexity index is 811. The fraction of sp³-hybridized carbons (Fsp3) is 0.167. The fourth-order valence-electron chi connectivity index (χ4n) is 2.58. The quantitative estimate of drug-likeness (QED) is 0.686. The number of fused-ring (bicyclic) bond motifs is 1. The van der Waals surface area contributed by atoms with Crippen LogP contribution in [0.25, 0.3) is 10.9 Å². The highest BCUT2D eigenvalue weighted by molar-refractivity contribution is 6.17. The maximum atomic E-state index is 12.7. The largest absolute Gasteiger partial charge is 0.360 e. The second-order valence-corrected chi connectivity index (χ2v) is 5.33. The summed E-state index contributed by atoms with van der Waals surface area (Å²) in [7, 11) is 0. The lowest BCUT2D eigenvalue weighted by Gasteiger charge is -2.05. The Labute approximate surface area is 118 Å². The van der Waals surface area contributed by atoms with E-state index in [1.165, 1.54) is 5.56 Å². The Morgan fingerprint density at radius 3 is 2.50 bits per heavy atom. The number of carbonyl (C=O) groups is 1. The first-order chi connectivity index (χ1) is 9.58. The number of hydrogen-bond donors (Lipinski definition) is 1. The summed E-state index contributed by atoms with van der Waals surface area (Å²) in [4.78, 5) is 15.9. The van der Waals surface area contributed by atoms with Gasteiger partial charge in [-0.2, -0.15) is 0 Å². The number of H-pyrrole nitrogens is 1. The molecule has 0 atom stereocenters. The summed E-state index contributed by atoms with van der Waals surface area (Å²) in [6, 6.07) is 11.9. The zero-order valence-corrected chi connectivity index (χ0v) is 11.9. The van der Waals surface area contributed by atoms with Crippen LogP contribution in [0, 0.1) is 20.8 Å². The minimum absolute atomic E-state index is 0.0775. The smallest absolute Gasteiger partial charge is 0.195 e. The molecule has 3 aromatic rings. The van der Waals surface area contributed by atoms with Crippen molar-refractivity contribution >= 4 is 16.7 Å². The predicted octanol–water partition coefficient (Wildman–Crippen LogP) is 4.32. The minimum Gasteiger partial charge on any atom is -0.360 e. The van der Waals surface area contributed by atoms with E-state index in [0.29, 0.717) is 0 Å². The molecule has 1 aromatic heterocycles. The van der Waals surface area contributed by atoms with Gasteiger partial charge in [-0.3, -0.25) is 4.79 Å². The van der Waals surface area contributed by atoms with Gasteiger partial charge in [0.1, 0.15) is 0 Å². The third-order valence-corrected chi connectivity index (χ3v) is 3.93. The Hall–Kier alpha value is -2.35. The summed E-state index contributed by atoms with van der Waals surface area (Å²) in [5.41, 5.74) is 5.98. The Morgan fingerprint density at radius 2 is 1.75 bits per heavy atom. The molecule has 0 radical (unpaired) electrons. The third kappa shape index (κ3) is 1.94. The maximum Gasteiger partial charge on any atom is 0.195 e. The lowest BCUT2D eigenvalue weighted by molar-refractivity contribution is 0.104. The summed E-state index contributed by atoms with van der Waals surface area (Å²) in [6.45, 7) is 6.12. The van der Waals surface area contributed by atoms with Gasteiger partial charge < -0.3 is 4.98 Å². The molecule has 0 aliphatic carbocycles. The molecule has 100 valence electrons. The standard InChI is InChI=1S/C18H17NO/c1-11-7-8-14(9-13(11)3)18(20)15-10-19-16-6-4-5-12(2)17(15)16/h4-10,19H,1-3H3. The first-order valence-electron chi connectivity index (χ1n) is 6.76. The van der Waals surface area contributed by atoms with Crippen molar-refractivity contribution in [3.8, 4) is 0 Å². The van der Waals surface area contributed by atoms with Crippen molar-refractivity contribution in [2.75, 3.05) is 0 Å². The summed E-state index contributed by atoms with van der Waals surface area (Å²) in [6.07, 6.45) is 1.81. The topological polar surface area (TPSA) is 32.9 Å². The van der Waals surface area contributed by atoms with Crippen molar-refractivity contribution in [2.24, 2.45) is 0 Å². The van der Waals surface area contributed by atoms with Gasteiger partial charge in [0, 0.05) is 28.2 Å². The van der Waals surface area contributed by atoms with E-state index in [9.17, 15) is 4.79 Å². The van der Waals surface area contributed by atoms with Crippen molar-refractivity contribution in [3.63, 3.8) is 0 Å². The number of benzene rings is 2. The van der Waals surface area contributed by atoms with Crippen LogP contribution in [0.15, 0.2) is 42.6 Å². The Morgan fingerprint density at radius 1 is 0.950 bits per heavy atom. The van der Waals surface area contributed by atoms with Crippen molar-refractivity contribution in [1.82, 2.24) is 4.98 Å². The van der Waals surface area contributed by atoms with E-state index in [0.717, 1.165) is 33.2 Å². The van der Waals surface area contributed by atoms with Crippen LogP contribution >= 0.6 is 0 Å². The molecule has 2 aromatic carbocycles. The van der Waals surface area contributed by atoms with Crippen molar-refractivity contribution in [1.29, 1.82) is 0 Å². The van der Waals surface area contributed by atoms with E-state index >= 15 is 0 Å². The molecule has 0 amide bonds. The lowest BCUT2D eigenvalue weighted by atomic mass is 9.97. The van der Waals surface area contributed by atoms with E-state index in [-0.39, 0.29) is 5.78 Å². The van der Waals surface area contributed by atoms with Crippen LogP contribution in [0.3, 0.4) is 0 Å². The average Bonchev–Trinajstić information content (AvgIpc) is 2.86. The van der Waals surface area contributed by atoms with Crippen LogP contribution in [0.2, 0.25) is 0 Å². The second-order valence-electron chi connectivity index (χ2n) is 5.33. The number of carbonyl (C=O) groups excluding carboxylic acids is 1. The molecule has 0 fully saturated rings. The van der Waals surface area contributed by atoms with Gasteiger partial charge >= 0.3 is 0 Å². The lowest BCUT2D eigenvalue weighted by Crippen LogP contribution is -2.01. The summed E-state index contributed by atoms with van der Waals surface area (Å²) in [5, 5.41) is 1.02. The number of hydrogen-bond acceptors (Lipinski definition) is 1. The van der Waals surface area contributed by atoms with Gasteiger partial charge in [-0.1, -0.05) is 24.3 Å². The molecule has 3 rings (SSSR count). The number of rotatable bonds is 2. The molecular weight excluding hydrogens is 246 g/mol. The van der Waals surface area contributed by atoms with Crippen LogP contribution < -0.4 is 0 Å². The molecule has 0 aliphatic rings. The van der Waals surface area contributed by atoms with Gasteiger partial charge in [0.2, 0.25) is 0 Å². The number of ketones is 1. The zero-order valence-electron chi connectivity index (χ0n) is 11.9. The van der Waals surface area contributed by atoms with Gasteiger partial charge in [-0.25, -0.2) is 0 Å². The molecule has 1 N–H and O–H groups in total. The van der Waals surface area contributed by atoms with Crippen LogP contribution in [0.5, 0.6) is 0 Å². The molecule has 2 nitrogen and oxygen atoms in total. The number of aromatic amines is 1. The molecule has 1 heterocycles. The highest BCUT2D eigenvalue weighted by atomic mass is 16.1. The van der Waals surface area contributed by atoms with Crippen molar-refractivity contribution in [2.45, 2.75) is 20.8 Å². The van der Waals surface area contributed by atoms with Gasteiger partial charge in [0.25, 0.3) is 0 Å². The molecular formula is C18H17NO. The zero-order chi connectivity index (χ0) is 14.3. The molecule has 0 spiro atoms. The monoisotopic (exact) mass is 263 g/mol. The van der Waals surface area contributed by atoms with Gasteiger partial charge in [-0.15, -0.1) is 0 Å². The third-order valence-electron chi connectivity index (χ3n) is 3.93. The van der Waals surface area contributed by atoms with E-state index in [4.69, 9.17) is 0 Å².